The van der Waals surface area contributed by atoms with E-state index in [2.05, 4.69) is 22.7 Å². The number of carbonyl (C=O) groups is 1. The van der Waals surface area contributed by atoms with E-state index < -0.39 is 0 Å². The molecule has 1 aromatic carbocycles. The van der Waals surface area contributed by atoms with Gasteiger partial charge in [-0.05, 0) is 43.0 Å². The highest BCUT2D eigenvalue weighted by atomic mass is 16.2. The summed E-state index contributed by atoms with van der Waals surface area (Å²) >= 11 is 0. The van der Waals surface area contributed by atoms with Gasteiger partial charge in [0, 0.05) is 37.0 Å². The molecule has 0 heterocycles. The normalized spacial score (nSPS) is 25.2. The van der Waals surface area contributed by atoms with E-state index in [1.165, 1.54) is 0 Å². The smallest absolute Gasteiger partial charge is 0.271 e. The lowest BCUT2D eigenvalue weighted by Crippen LogP contribution is -2.35. The summed E-state index contributed by atoms with van der Waals surface area (Å²) in [5.74, 6) is 1.05. The molecule has 0 bridgehead atoms. The Balaban J connectivity index is 1.61. The predicted molar refractivity (Wildman–Crippen MR) is 81.0 cm³/mol. The Morgan fingerprint density at radius 1 is 1.30 bits per heavy atom. The second kappa shape index (κ2) is 5.12. The first-order valence-corrected chi connectivity index (χ1v) is 6.96. The van der Waals surface area contributed by atoms with E-state index in [1.54, 1.807) is 0 Å². The van der Waals surface area contributed by atoms with E-state index in [0.29, 0.717) is 17.4 Å². The zero-order chi connectivity index (χ0) is 14.1. The lowest BCUT2D eigenvalue weighted by molar-refractivity contribution is 0.0954. The molecular weight excluding hydrogens is 250 g/mol. The predicted octanol–water partition coefficient (Wildman–Crippen LogP) is 2.43. The Labute approximate surface area is 119 Å². The van der Waals surface area contributed by atoms with Gasteiger partial charge in [-0.3, -0.25) is 4.79 Å². The minimum atomic E-state index is -0.141. The Morgan fingerprint density at radius 2 is 2.05 bits per heavy atom. The highest BCUT2D eigenvalue weighted by molar-refractivity contribution is 5.98. The maximum atomic E-state index is 12.0. The Morgan fingerprint density at radius 3 is 2.70 bits per heavy atom. The molecular formula is C16H19N3O. The summed E-state index contributed by atoms with van der Waals surface area (Å²) in [6.07, 6.45) is 6.52. The lowest BCUT2D eigenvalue weighted by Gasteiger charge is -2.31. The number of rotatable bonds is 3. The van der Waals surface area contributed by atoms with Crippen molar-refractivity contribution in [2.45, 2.75) is 12.8 Å². The maximum Gasteiger partial charge on any atom is 0.271 e. The van der Waals surface area contributed by atoms with Crippen LogP contribution in [0.4, 0.5) is 5.69 Å². The first kappa shape index (κ1) is 12.9. The second-order valence-electron chi connectivity index (χ2n) is 5.62. The fourth-order valence-corrected chi connectivity index (χ4v) is 2.76. The summed E-state index contributed by atoms with van der Waals surface area (Å²) in [5.41, 5.74) is 5.51. The van der Waals surface area contributed by atoms with Crippen molar-refractivity contribution >= 4 is 17.3 Å². The molecule has 4 nitrogen and oxygen atoms in total. The van der Waals surface area contributed by atoms with Crippen molar-refractivity contribution in [1.29, 1.82) is 0 Å². The summed E-state index contributed by atoms with van der Waals surface area (Å²) < 4.78 is 0. The van der Waals surface area contributed by atoms with Crippen LogP contribution < -0.4 is 10.3 Å². The number of anilines is 1. The van der Waals surface area contributed by atoms with Gasteiger partial charge >= 0.3 is 0 Å². The molecule has 0 spiro atoms. The summed E-state index contributed by atoms with van der Waals surface area (Å²) in [6.45, 7) is 0. The Hall–Kier alpha value is -2.10. The van der Waals surface area contributed by atoms with Crippen LogP contribution in [-0.2, 0) is 0 Å². The van der Waals surface area contributed by atoms with Gasteiger partial charge in [0.25, 0.3) is 5.91 Å². The number of fused-ring (bicyclic) bond motifs is 1. The van der Waals surface area contributed by atoms with Crippen LogP contribution in [-0.4, -0.2) is 25.7 Å². The zero-order valence-corrected chi connectivity index (χ0v) is 11.8. The second-order valence-corrected chi connectivity index (χ2v) is 5.62. The van der Waals surface area contributed by atoms with Crippen molar-refractivity contribution in [3.63, 3.8) is 0 Å². The molecule has 3 rings (SSSR count). The summed E-state index contributed by atoms with van der Waals surface area (Å²) in [7, 11) is 3.95. The molecule has 1 aromatic rings. The zero-order valence-electron chi connectivity index (χ0n) is 11.8. The van der Waals surface area contributed by atoms with Crippen molar-refractivity contribution < 1.29 is 4.79 Å². The number of nitrogens with zero attached hydrogens (tertiary/aromatic N) is 2. The first-order valence-electron chi connectivity index (χ1n) is 6.96. The quantitative estimate of drug-likeness (QED) is 0.676. The average Bonchev–Trinajstić information content (AvgIpc) is 2.80. The molecule has 2 aliphatic carbocycles. The topological polar surface area (TPSA) is 44.7 Å². The largest absolute Gasteiger partial charge is 0.378 e. The average molecular weight is 269 g/mol. The molecule has 4 heteroatoms. The molecule has 0 aliphatic heterocycles. The minimum absolute atomic E-state index is 0.141. The summed E-state index contributed by atoms with van der Waals surface area (Å²) in [4.78, 5) is 14.0. The van der Waals surface area contributed by atoms with Crippen LogP contribution in [0.2, 0.25) is 0 Å². The van der Waals surface area contributed by atoms with Crippen LogP contribution in [0.1, 0.15) is 23.2 Å². The molecule has 0 saturated heterocycles. The molecule has 1 amide bonds. The fraction of sp³-hybridized carbons (Fsp3) is 0.375. The summed E-state index contributed by atoms with van der Waals surface area (Å²) in [5, 5.41) is 4.27. The van der Waals surface area contributed by atoms with Gasteiger partial charge in [-0.15, -0.1) is 0 Å². The first-order chi connectivity index (χ1) is 9.65. The van der Waals surface area contributed by atoms with Crippen LogP contribution in [0.25, 0.3) is 0 Å². The van der Waals surface area contributed by atoms with E-state index in [4.69, 9.17) is 0 Å². The fourth-order valence-electron chi connectivity index (χ4n) is 2.76. The number of amides is 1. The molecule has 104 valence electrons. The molecule has 2 aliphatic rings. The molecule has 0 aromatic heterocycles. The van der Waals surface area contributed by atoms with Gasteiger partial charge in [0.2, 0.25) is 0 Å². The van der Waals surface area contributed by atoms with Crippen LogP contribution in [0, 0.1) is 11.8 Å². The van der Waals surface area contributed by atoms with Gasteiger partial charge in [0.1, 0.15) is 0 Å². The van der Waals surface area contributed by atoms with Crippen molar-refractivity contribution in [3.8, 4) is 0 Å². The number of allylic oxidation sites excluding steroid dienone is 2. The molecule has 0 radical (unpaired) electrons. The van der Waals surface area contributed by atoms with Crippen molar-refractivity contribution in [3.05, 3.63) is 42.0 Å². The van der Waals surface area contributed by atoms with Gasteiger partial charge in [-0.25, -0.2) is 5.43 Å². The number of carbonyl (C=O) groups excluding carboxylic acids is 1. The van der Waals surface area contributed by atoms with Crippen LogP contribution in [0.3, 0.4) is 0 Å². The molecule has 2 unspecified atom stereocenters. The van der Waals surface area contributed by atoms with Crippen LogP contribution in [0.5, 0.6) is 0 Å². The third-order valence-corrected chi connectivity index (χ3v) is 4.11. The number of nitrogens with one attached hydrogen (secondary N) is 1. The molecule has 2 atom stereocenters. The monoisotopic (exact) mass is 269 g/mol. The lowest BCUT2D eigenvalue weighted by atomic mass is 9.74. The van der Waals surface area contributed by atoms with Gasteiger partial charge in [-0.1, -0.05) is 12.2 Å². The number of hydrazone groups is 1. The molecule has 1 fully saturated rings. The third kappa shape index (κ3) is 2.33. The standard InChI is InChI=1S/C16H19N3O/c1-19(2)13-8-6-11(7-9-13)16(20)18-17-15-10-12-4-3-5-14(12)15/h3-4,6-9,12,14H,5,10H2,1-2H3,(H,18,20). The van der Waals surface area contributed by atoms with Gasteiger partial charge in [0.15, 0.2) is 0 Å². The Bertz CT molecular complexity index is 572. The number of hydrogen-bond acceptors (Lipinski definition) is 3. The van der Waals surface area contributed by atoms with Gasteiger partial charge in [0.05, 0.1) is 0 Å². The van der Waals surface area contributed by atoms with Crippen LogP contribution >= 0.6 is 0 Å². The van der Waals surface area contributed by atoms with Crippen molar-refractivity contribution in [2.75, 3.05) is 19.0 Å². The van der Waals surface area contributed by atoms with E-state index in [1.807, 2.05) is 43.3 Å². The highest BCUT2D eigenvalue weighted by Gasteiger charge is 2.37. The maximum absolute atomic E-state index is 12.0. The molecule has 1 saturated carbocycles. The summed E-state index contributed by atoms with van der Waals surface area (Å²) in [6, 6.07) is 7.52. The highest BCUT2D eigenvalue weighted by Crippen LogP contribution is 2.40. The van der Waals surface area contributed by atoms with Gasteiger partial charge < -0.3 is 4.90 Å². The molecule has 1 N–H and O–H groups in total. The van der Waals surface area contributed by atoms with Crippen LogP contribution in [0.15, 0.2) is 41.5 Å². The van der Waals surface area contributed by atoms with Crippen molar-refractivity contribution in [1.82, 2.24) is 5.43 Å². The third-order valence-electron chi connectivity index (χ3n) is 4.11. The number of benzene rings is 1. The van der Waals surface area contributed by atoms with E-state index in [9.17, 15) is 4.79 Å². The van der Waals surface area contributed by atoms with E-state index in [-0.39, 0.29) is 5.91 Å². The van der Waals surface area contributed by atoms with Gasteiger partial charge in [-0.2, -0.15) is 5.10 Å². The Kier molecular flexibility index (Phi) is 3.30. The molecule has 20 heavy (non-hydrogen) atoms. The van der Waals surface area contributed by atoms with E-state index in [0.717, 1.165) is 24.2 Å². The van der Waals surface area contributed by atoms with E-state index >= 15 is 0 Å². The number of hydrogen-bond donors (Lipinski definition) is 1. The van der Waals surface area contributed by atoms with Crippen molar-refractivity contribution in [2.24, 2.45) is 16.9 Å². The SMILES string of the molecule is CN(C)c1ccc(C(=O)NN=C2CC3C=CCC23)cc1. The minimum Gasteiger partial charge on any atom is -0.378 e.